The smallest absolute Gasteiger partial charge is 0.169 e. The number of likely N-dealkylation sites (tertiary alicyclic amines) is 1. The van der Waals surface area contributed by atoms with Gasteiger partial charge in [-0.3, -0.25) is 0 Å². The summed E-state index contributed by atoms with van der Waals surface area (Å²) < 4.78 is 0. The SMILES string of the molecule is CC1CCCN1C(=S)NC1CC1. The molecule has 2 nitrogen and oxygen atoms in total. The van der Waals surface area contributed by atoms with E-state index in [2.05, 4.69) is 17.1 Å². The molecular formula is C9H16N2S. The van der Waals surface area contributed by atoms with Gasteiger partial charge < -0.3 is 10.2 Å². The minimum absolute atomic E-state index is 0.656. The maximum atomic E-state index is 5.32. The van der Waals surface area contributed by atoms with Gasteiger partial charge in [0.15, 0.2) is 5.11 Å². The van der Waals surface area contributed by atoms with E-state index in [0.717, 1.165) is 11.7 Å². The zero-order valence-corrected chi connectivity index (χ0v) is 8.36. The third-order valence-corrected chi connectivity index (χ3v) is 3.07. The van der Waals surface area contributed by atoms with Crippen molar-refractivity contribution in [1.29, 1.82) is 0 Å². The topological polar surface area (TPSA) is 15.3 Å². The molecule has 1 atom stereocenters. The molecule has 0 spiro atoms. The molecule has 1 saturated carbocycles. The molecule has 0 aromatic rings. The van der Waals surface area contributed by atoms with Gasteiger partial charge >= 0.3 is 0 Å². The molecule has 0 bridgehead atoms. The lowest BCUT2D eigenvalue weighted by Gasteiger charge is -2.24. The van der Waals surface area contributed by atoms with E-state index in [9.17, 15) is 0 Å². The van der Waals surface area contributed by atoms with Crippen LogP contribution in [-0.4, -0.2) is 28.6 Å². The van der Waals surface area contributed by atoms with Crippen molar-refractivity contribution in [3.05, 3.63) is 0 Å². The van der Waals surface area contributed by atoms with Gasteiger partial charge in [-0.25, -0.2) is 0 Å². The van der Waals surface area contributed by atoms with Crippen LogP contribution in [0.25, 0.3) is 0 Å². The summed E-state index contributed by atoms with van der Waals surface area (Å²) in [5.41, 5.74) is 0. The molecule has 0 radical (unpaired) electrons. The average Bonchev–Trinajstić information content (AvgIpc) is 2.72. The lowest BCUT2D eigenvalue weighted by molar-refractivity contribution is 0.407. The van der Waals surface area contributed by atoms with E-state index in [0.29, 0.717) is 12.1 Å². The Hall–Kier alpha value is -0.310. The third-order valence-electron chi connectivity index (χ3n) is 2.72. The summed E-state index contributed by atoms with van der Waals surface area (Å²) in [5.74, 6) is 0. The fraction of sp³-hybridized carbons (Fsp3) is 0.889. The Balaban J connectivity index is 1.84. The molecular weight excluding hydrogens is 168 g/mol. The monoisotopic (exact) mass is 184 g/mol. The van der Waals surface area contributed by atoms with Gasteiger partial charge in [-0.15, -0.1) is 0 Å². The highest BCUT2D eigenvalue weighted by atomic mass is 32.1. The average molecular weight is 184 g/mol. The van der Waals surface area contributed by atoms with Gasteiger partial charge in [0, 0.05) is 18.6 Å². The summed E-state index contributed by atoms with van der Waals surface area (Å²) in [5, 5.41) is 4.37. The largest absolute Gasteiger partial charge is 0.360 e. The Morgan fingerprint density at radius 1 is 1.42 bits per heavy atom. The lowest BCUT2D eigenvalue weighted by Crippen LogP contribution is -2.42. The molecule has 1 N–H and O–H groups in total. The third kappa shape index (κ3) is 1.71. The van der Waals surface area contributed by atoms with Crippen molar-refractivity contribution in [2.75, 3.05) is 6.54 Å². The molecule has 68 valence electrons. The molecule has 2 aliphatic rings. The van der Waals surface area contributed by atoms with Gasteiger partial charge in [0.1, 0.15) is 0 Å². The molecule has 0 aromatic carbocycles. The van der Waals surface area contributed by atoms with E-state index in [-0.39, 0.29) is 0 Å². The summed E-state index contributed by atoms with van der Waals surface area (Å²) >= 11 is 5.32. The van der Waals surface area contributed by atoms with E-state index in [1.807, 2.05) is 0 Å². The summed E-state index contributed by atoms with van der Waals surface area (Å²) in [6, 6.07) is 1.36. The number of hydrogen-bond donors (Lipinski definition) is 1. The maximum Gasteiger partial charge on any atom is 0.169 e. The number of nitrogens with zero attached hydrogens (tertiary/aromatic N) is 1. The summed E-state index contributed by atoms with van der Waals surface area (Å²) in [7, 11) is 0. The highest BCUT2D eigenvalue weighted by molar-refractivity contribution is 7.80. The van der Waals surface area contributed by atoms with E-state index < -0.39 is 0 Å². The molecule has 3 heteroatoms. The van der Waals surface area contributed by atoms with Crippen molar-refractivity contribution in [3.63, 3.8) is 0 Å². The Bertz CT molecular complexity index is 189. The zero-order chi connectivity index (χ0) is 8.55. The Morgan fingerprint density at radius 3 is 2.67 bits per heavy atom. The first-order valence-electron chi connectivity index (χ1n) is 4.84. The summed E-state index contributed by atoms with van der Waals surface area (Å²) in [4.78, 5) is 2.33. The zero-order valence-electron chi connectivity index (χ0n) is 7.55. The highest BCUT2D eigenvalue weighted by Crippen LogP contribution is 2.21. The van der Waals surface area contributed by atoms with Crippen molar-refractivity contribution in [2.24, 2.45) is 0 Å². The quantitative estimate of drug-likeness (QED) is 0.622. The number of rotatable bonds is 1. The fourth-order valence-corrected chi connectivity index (χ4v) is 2.16. The minimum atomic E-state index is 0.656. The number of hydrogen-bond acceptors (Lipinski definition) is 1. The maximum absolute atomic E-state index is 5.32. The van der Waals surface area contributed by atoms with Crippen molar-refractivity contribution in [1.82, 2.24) is 10.2 Å². The fourth-order valence-electron chi connectivity index (χ4n) is 1.72. The summed E-state index contributed by atoms with van der Waals surface area (Å²) in [6.45, 7) is 3.41. The second-order valence-electron chi connectivity index (χ2n) is 3.91. The van der Waals surface area contributed by atoms with Crippen LogP contribution in [0.2, 0.25) is 0 Å². The second kappa shape index (κ2) is 3.21. The first kappa shape index (κ1) is 8.30. The van der Waals surface area contributed by atoms with E-state index >= 15 is 0 Å². The molecule has 1 unspecified atom stereocenters. The molecule has 2 rings (SSSR count). The predicted molar refractivity (Wildman–Crippen MR) is 54.2 cm³/mol. The van der Waals surface area contributed by atoms with Gasteiger partial charge in [0.25, 0.3) is 0 Å². The highest BCUT2D eigenvalue weighted by Gasteiger charge is 2.27. The van der Waals surface area contributed by atoms with Crippen LogP contribution in [0.15, 0.2) is 0 Å². The van der Waals surface area contributed by atoms with Gasteiger partial charge in [-0.1, -0.05) is 0 Å². The van der Waals surface area contributed by atoms with Crippen LogP contribution in [0.5, 0.6) is 0 Å². The van der Waals surface area contributed by atoms with E-state index in [4.69, 9.17) is 12.2 Å². The first-order chi connectivity index (χ1) is 5.77. The van der Waals surface area contributed by atoms with Crippen LogP contribution < -0.4 is 5.32 Å². The Kier molecular flexibility index (Phi) is 2.22. The summed E-state index contributed by atoms with van der Waals surface area (Å²) in [6.07, 6.45) is 5.21. The van der Waals surface area contributed by atoms with Crippen molar-refractivity contribution >= 4 is 17.3 Å². The predicted octanol–water partition coefficient (Wildman–Crippen LogP) is 1.51. The molecule has 12 heavy (non-hydrogen) atoms. The molecule has 1 aliphatic heterocycles. The number of nitrogens with one attached hydrogen (secondary N) is 1. The molecule has 1 heterocycles. The molecule has 1 aliphatic carbocycles. The second-order valence-corrected chi connectivity index (χ2v) is 4.30. The first-order valence-corrected chi connectivity index (χ1v) is 5.25. The van der Waals surface area contributed by atoms with Gasteiger partial charge in [0.05, 0.1) is 0 Å². The van der Waals surface area contributed by atoms with Crippen LogP contribution in [0.3, 0.4) is 0 Å². The molecule has 0 amide bonds. The van der Waals surface area contributed by atoms with E-state index in [1.54, 1.807) is 0 Å². The van der Waals surface area contributed by atoms with Crippen molar-refractivity contribution < 1.29 is 0 Å². The van der Waals surface area contributed by atoms with Crippen LogP contribution in [0.1, 0.15) is 32.6 Å². The Morgan fingerprint density at radius 2 is 2.17 bits per heavy atom. The van der Waals surface area contributed by atoms with Gasteiger partial charge in [-0.05, 0) is 44.8 Å². The van der Waals surface area contributed by atoms with Crippen LogP contribution in [0, 0.1) is 0 Å². The molecule has 1 saturated heterocycles. The molecule has 0 aromatic heterocycles. The van der Waals surface area contributed by atoms with Crippen LogP contribution in [-0.2, 0) is 0 Å². The molecule has 2 fully saturated rings. The van der Waals surface area contributed by atoms with Crippen molar-refractivity contribution in [2.45, 2.75) is 44.7 Å². The normalized spacial score (nSPS) is 29.1. The number of thiocarbonyl (C=S) groups is 1. The van der Waals surface area contributed by atoms with E-state index in [1.165, 1.54) is 25.7 Å². The standard InChI is InChI=1S/C9H16N2S/c1-7-3-2-6-11(7)9(12)10-8-4-5-8/h7-8H,2-6H2,1H3,(H,10,12). The van der Waals surface area contributed by atoms with Crippen LogP contribution in [0.4, 0.5) is 0 Å². The van der Waals surface area contributed by atoms with Crippen molar-refractivity contribution in [3.8, 4) is 0 Å². The van der Waals surface area contributed by atoms with Crippen LogP contribution >= 0.6 is 12.2 Å². The van der Waals surface area contributed by atoms with Gasteiger partial charge in [0.2, 0.25) is 0 Å². The minimum Gasteiger partial charge on any atom is -0.360 e. The lowest BCUT2D eigenvalue weighted by atomic mass is 10.2. The van der Waals surface area contributed by atoms with Gasteiger partial charge in [-0.2, -0.15) is 0 Å². The Labute approximate surface area is 79.3 Å².